The number of halogens is 1. The fourth-order valence-corrected chi connectivity index (χ4v) is 1.56. The molecule has 1 aliphatic heterocycles. The summed E-state index contributed by atoms with van der Waals surface area (Å²) in [5, 5.41) is 11.1. The second-order valence-electron chi connectivity index (χ2n) is 3.71. The number of carbonyl (C=O) groups is 1. The highest BCUT2D eigenvalue weighted by atomic mass is 19.1. The topological polar surface area (TPSA) is 88.1 Å². The molecule has 0 spiro atoms. The largest absolute Gasteiger partial charge is 0.478 e. The minimum Gasteiger partial charge on any atom is -0.478 e. The third-order valence-corrected chi connectivity index (χ3v) is 2.39. The predicted molar refractivity (Wildman–Crippen MR) is 57.7 cm³/mol. The average molecular weight is 235 g/mol. The number of hydrogen-bond acceptors (Lipinski definition) is 4. The summed E-state index contributed by atoms with van der Waals surface area (Å²) in [6.07, 6.45) is -0.721. The number of nitriles is 1. The van der Waals surface area contributed by atoms with Crippen LogP contribution in [0.2, 0.25) is 0 Å². The monoisotopic (exact) mass is 235 g/mol. The first-order valence-corrected chi connectivity index (χ1v) is 5.02. The number of nitrogens with two attached hydrogens (primary N) is 1. The van der Waals surface area contributed by atoms with Gasteiger partial charge in [-0.05, 0) is 12.1 Å². The zero-order valence-corrected chi connectivity index (χ0v) is 8.81. The molecule has 0 fully saturated rings. The van der Waals surface area contributed by atoms with Gasteiger partial charge in [-0.25, -0.2) is 4.39 Å². The summed E-state index contributed by atoms with van der Waals surface area (Å²) in [5.41, 5.74) is 5.72. The molecule has 2 atom stereocenters. The number of ether oxygens (including phenoxy) is 1. The molecule has 0 bridgehead atoms. The summed E-state index contributed by atoms with van der Waals surface area (Å²) in [6.45, 7) is 0. The van der Waals surface area contributed by atoms with E-state index in [2.05, 4.69) is 5.32 Å². The Morgan fingerprint density at radius 2 is 2.41 bits per heavy atom. The fraction of sp³-hybridized carbons (Fsp3) is 0.273. The van der Waals surface area contributed by atoms with Crippen molar-refractivity contribution in [1.82, 2.24) is 0 Å². The summed E-state index contributed by atoms with van der Waals surface area (Å²) in [5.74, 6) is -0.505. The molecule has 1 aliphatic rings. The first kappa shape index (κ1) is 11.4. The van der Waals surface area contributed by atoms with Crippen LogP contribution in [0.25, 0.3) is 0 Å². The van der Waals surface area contributed by atoms with Crippen LogP contribution in [0.1, 0.15) is 6.42 Å². The van der Waals surface area contributed by atoms with Crippen LogP contribution in [0.15, 0.2) is 18.2 Å². The van der Waals surface area contributed by atoms with Crippen LogP contribution in [0.3, 0.4) is 0 Å². The number of nitrogens with zero attached hydrogens (tertiary/aromatic N) is 1. The molecule has 1 heterocycles. The first-order valence-electron chi connectivity index (χ1n) is 5.02. The van der Waals surface area contributed by atoms with Crippen molar-refractivity contribution in [3.05, 3.63) is 24.0 Å². The van der Waals surface area contributed by atoms with Crippen LogP contribution < -0.4 is 15.8 Å². The van der Waals surface area contributed by atoms with E-state index in [1.165, 1.54) is 18.2 Å². The van der Waals surface area contributed by atoms with Crippen LogP contribution in [0.5, 0.6) is 5.75 Å². The van der Waals surface area contributed by atoms with E-state index < -0.39 is 23.9 Å². The van der Waals surface area contributed by atoms with E-state index in [4.69, 9.17) is 15.7 Å². The Hall–Kier alpha value is -2.13. The smallest absolute Gasteiger partial charge is 0.265 e. The molecule has 0 saturated heterocycles. The molecule has 0 aliphatic carbocycles. The van der Waals surface area contributed by atoms with Gasteiger partial charge >= 0.3 is 0 Å². The SMILES string of the molecule is N#CC(N)C[C@@H]1Oc2ccc(F)cc2NC1=O. The zero-order valence-electron chi connectivity index (χ0n) is 8.81. The molecule has 1 aromatic rings. The molecular weight excluding hydrogens is 225 g/mol. The van der Waals surface area contributed by atoms with Crippen molar-refractivity contribution >= 4 is 11.6 Å². The van der Waals surface area contributed by atoms with Crippen molar-refractivity contribution < 1.29 is 13.9 Å². The van der Waals surface area contributed by atoms with Crippen molar-refractivity contribution in [1.29, 1.82) is 5.26 Å². The van der Waals surface area contributed by atoms with Crippen LogP contribution >= 0.6 is 0 Å². The quantitative estimate of drug-likeness (QED) is 0.792. The minimum absolute atomic E-state index is 0.0964. The lowest BCUT2D eigenvalue weighted by atomic mass is 10.1. The van der Waals surface area contributed by atoms with E-state index in [9.17, 15) is 9.18 Å². The number of fused-ring (bicyclic) bond motifs is 1. The van der Waals surface area contributed by atoms with Crippen molar-refractivity contribution in [3.63, 3.8) is 0 Å². The maximum atomic E-state index is 12.9. The highest BCUT2D eigenvalue weighted by Gasteiger charge is 2.29. The summed E-state index contributed by atoms with van der Waals surface area (Å²) in [7, 11) is 0. The number of rotatable bonds is 2. The maximum Gasteiger partial charge on any atom is 0.265 e. The van der Waals surface area contributed by atoms with Crippen molar-refractivity contribution in [3.8, 4) is 11.8 Å². The average Bonchev–Trinajstić information content (AvgIpc) is 2.30. The molecule has 1 unspecified atom stereocenters. The second-order valence-corrected chi connectivity index (χ2v) is 3.71. The van der Waals surface area contributed by atoms with E-state index in [-0.39, 0.29) is 12.1 Å². The number of anilines is 1. The van der Waals surface area contributed by atoms with Gasteiger partial charge in [0.15, 0.2) is 6.10 Å². The van der Waals surface area contributed by atoms with Crippen molar-refractivity contribution in [2.24, 2.45) is 5.73 Å². The number of nitrogens with one attached hydrogen (secondary N) is 1. The Bertz CT molecular complexity index is 498. The van der Waals surface area contributed by atoms with Crippen molar-refractivity contribution in [2.75, 3.05) is 5.32 Å². The second kappa shape index (κ2) is 4.39. The lowest BCUT2D eigenvalue weighted by Crippen LogP contribution is -2.40. The summed E-state index contributed by atoms with van der Waals surface area (Å²) in [6, 6.07) is 4.89. The fourth-order valence-electron chi connectivity index (χ4n) is 1.56. The number of hydrogen-bond donors (Lipinski definition) is 2. The molecule has 5 nitrogen and oxygen atoms in total. The Morgan fingerprint density at radius 3 is 3.12 bits per heavy atom. The minimum atomic E-state index is -0.817. The van der Waals surface area contributed by atoms with E-state index in [1.807, 2.05) is 6.07 Å². The first-order chi connectivity index (χ1) is 8.10. The van der Waals surface area contributed by atoms with Gasteiger partial charge in [0.25, 0.3) is 5.91 Å². The molecule has 3 N–H and O–H groups in total. The maximum absolute atomic E-state index is 12.9. The van der Waals surface area contributed by atoms with E-state index in [1.54, 1.807) is 0 Å². The Kier molecular flexibility index (Phi) is 2.93. The van der Waals surface area contributed by atoms with Gasteiger partial charge in [0, 0.05) is 12.5 Å². The predicted octanol–water partition coefficient (Wildman–Crippen LogP) is 0.766. The number of benzene rings is 1. The number of carbonyl (C=O) groups excluding carboxylic acids is 1. The molecule has 88 valence electrons. The summed E-state index contributed by atoms with van der Waals surface area (Å²) < 4.78 is 18.3. The highest BCUT2D eigenvalue weighted by molar-refractivity contribution is 5.97. The van der Waals surface area contributed by atoms with Crippen LogP contribution in [-0.2, 0) is 4.79 Å². The molecule has 0 radical (unpaired) electrons. The molecule has 1 amide bonds. The van der Waals surface area contributed by atoms with Gasteiger partial charge in [-0.15, -0.1) is 0 Å². The summed E-state index contributed by atoms with van der Waals surface area (Å²) in [4.78, 5) is 11.6. The summed E-state index contributed by atoms with van der Waals surface area (Å²) >= 11 is 0. The standard InChI is InChI=1S/C11H10FN3O2/c12-6-1-2-9-8(3-6)15-11(16)10(17-9)4-7(14)5-13/h1-3,7,10H,4,14H2,(H,15,16)/t7?,10-/m0/s1. The lowest BCUT2D eigenvalue weighted by molar-refractivity contribution is -0.123. The Balaban J connectivity index is 2.19. The van der Waals surface area contributed by atoms with Gasteiger partial charge in [0.05, 0.1) is 17.8 Å². The van der Waals surface area contributed by atoms with E-state index >= 15 is 0 Å². The molecule has 0 saturated carbocycles. The van der Waals surface area contributed by atoms with Gasteiger partial charge in [-0.3, -0.25) is 4.79 Å². The molecule has 17 heavy (non-hydrogen) atoms. The van der Waals surface area contributed by atoms with Gasteiger partial charge in [0.2, 0.25) is 0 Å². The normalized spacial score (nSPS) is 19.6. The molecule has 0 aromatic heterocycles. The molecule has 6 heteroatoms. The van der Waals surface area contributed by atoms with Gasteiger partial charge < -0.3 is 15.8 Å². The van der Waals surface area contributed by atoms with Gasteiger partial charge in [-0.2, -0.15) is 5.26 Å². The van der Waals surface area contributed by atoms with E-state index in [0.717, 1.165) is 0 Å². The van der Waals surface area contributed by atoms with Gasteiger partial charge in [0.1, 0.15) is 11.6 Å². The molecule has 2 rings (SSSR count). The van der Waals surface area contributed by atoms with Crippen LogP contribution in [0, 0.1) is 17.1 Å². The van der Waals surface area contributed by atoms with Crippen molar-refractivity contribution in [2.45, 2.75) is 18.6 Å². The van der Waals surface area contributed by atoms with Gasteiger partial charge in [-0.1, -0.05) is 0 Å². The Labute approximate surface area is 97.0 Å². The zero-order chi connectivity index (χ0) is 12.4. The number of amides is 1. The lowest BCUT2D eigenvalue weighted by Gasteiger charge is -2.26. The molecule has 1 aromatic carbocycles. The Morgan fingerprint density at radius 1 is 1.65 bits per heavy atom. The third-order valence-electron chi connectivity index (χ3n) is 2.39. The highest BCUT2D eigenvalue weighted by Crippen LogP contribution is 2.30. The van der Waals surface area contributed by atoms with Crippen LogP contribution in [0.4, 0.5) is 10.1 Å². The third kappa shape index (κ3) is 2.34. The van der Waals surface area contributed by atoms with E-state index in [0.29, 0.717) is 5.75 Å². The molecular formula is C11H10FN3O2. The van der Waals surface area contributed by atoms with Crippen LogP contribution in [-0.4, -0.2) is 18.1 Å².